The summed E-state index contributed by atoms with van der Waals surface area (Å²) >= 11 is 9.70. The SMILES string of the molecule is Clc1ccc(-c2nn(-c3ccccc3Br)c3c2CCCCN3)cc1. The normalized spacial score (nSPS) is 13.9. The maximum absolute atomic E-state index is 6.05. The third-order valence-corrected chi connectivity index (χ3v) is 5.25. The molecule has 2 aromatic carbocycles. The molecule has 3 aromatic rings. The van der Waals surface area contributed by atoms with Crippen molar-refractivity contribution in [3.05, 3.63) is 63.6 Å². The second kappa shape index (κ2) is 6.61. The highest BCUT2D eigenvalue weighted by molar-refractivity contribution is 9.10. The summed E-state index contributed by atoms with van der Waals surface area (Å²) in [5, 5.41) is 9.26. The van der Waals surface area contributed by atoms with E-state index in [0.29, 0.717) is 0 Å². The van der Waals surface area contributed by atoms with Crippen LogP contribution in [0.5, 0.6) is 0 Å². The van der Waals surface area contributed by atoms with Gasteiger partial charge in [0.1, 0.15) is 5.82 Å². The Bertz CT molecular complexity index is 871. The molecule has 24 heavy (non-hydrogen) atoms. The van der Waals surface area contributed by atoms with Gasteiger partial charge in [0.05, 0.1) is 11.4 Å². The zero-order valence-electron chi connectivity index (χ0n) is 13.1. The van der Waals surface area contributed by atoms with Gasteiger partial charge >= 0.3 is 0 Å². The van der Waals surface area contributed by atoms with Gasteiger partial charge in [-0.25, -0.2) is 4.68 Å². The van der Waals surface area contributed by atoms with Crippen molar-refractivity contribution in [3.8, 4) is 16.9 Å². The summed E-state index contributed by atoms with van der Waals surface area (Å²) in [6.45, 7) is 0.975. The van der Waals surface area contributed by atoms with E-state index in [4.69, 9.17) is 16.7 Å². The first-order valence-corrected chi connectivity index (χ1v) is 9.28. The lowest BCUT2D eigenvalue weighted by Gasteiger charge is -2.10. The minimum absolute atomic E-state index is 0.744. The zero-order valence-corrected chi connectivity index (χ0v) is 15.4. The van der Waals surface area contributed by atoms with E-state index in [2.05, 4.69) is 27.3 Å². The number of nitrogens with zero attached hydrogens (tertiary/aromatic N) is 2. The summed E-state index contributed by atoms with van der Waals surface area (Å²) in [5.74, 6) is 1.10. The van der Waals surface area contributed by atoms with Crippen molar-refractivity contribution in [2.24, 2.45) is 0 Å². The van der Waals surface area contributed by atoms with Gasteiger partial charge in [-0.2, -0.15) is 5.10 Å². The first kappa shape index (κ1) is 15.7. The van der Waals surface area contributed by atoms with Crippen LogP contribution in [0.4, 0.5) is 5.82 Å². The largest absolute Gasteiger partial charge is 0.370 e. The smallest absolute Gasteiger partial charge is 0.133 e. The Hall–Kier alpha value is -1.78. The van der Waals surface area contributed by atoms with Gasteiger partial charge in [-0.05, 0) is 59.5 Å². The molecular formula is C19H17BrClN3. The van der Waals surface area contributed by atoms with E-state index >= 15 is 0 Å². The van der Waals surface area contributed by atoms with Crippen LogP contribution in [0.3, 0.4) is 0 Å². The monoisotopic (exact) mass is 401 g/mol. The Kier molecular flexibility index (Phi) is 4.33. The molecule has 0 spiro atoms. The standard InChI is InChI=1S/C19H17BrClN3/c20-16-6-1-2-7-17(16)24-19-15(5-3-4-12-22-19)18(23-24)13-8-10-14(21)11-9-13/h1-2,6-11,22H,3-5,12H2. The average molecular weight is 403 g/mol. The minimum atomic E-state index is 0.744. The van der Waals surface area contributed by atoms with Gasteiger partial charge in [-0.1, -0.05) is 35.9 Å². The van der Waals surface area contributed by atoms with E-state index in [1.54, 1.807) is 0 Å². The molecule has 0 amide bonds. The maximum Gasteiger partial charge on any atom is 0.133 e. The number of aromatic nitrogens is 2. The van der Waals surface area contributed by atoms with Crippen molar-refractivity contribution in [2.75, 3.05) is 11.9 Å². The summed E-state index contributed by atoms with van der Waals surface area (Å²) in [5.41, 5.74) is 4.46. The van der Waals surface area contributed by atoms with Crippen molar-refractivity contribution in [2.45, 2.75) is 19.3 Å². The fourth-order valence-electron chi connectivity index (χ4n) is 3.14. The van der Waals surface area contributed by atoms with E-state index < -0.39 is 0 Å². The van der Waals surface area contributed by atoms with Crippen LogP contribution < -0.4 is 5.32 Å². The van der Waals surface area contributed by atoms with E-state index in [1.165, 1.54) is 18.4 Å². The fourth-order valence-corrected chi connectivity index (χ4v) is 3.72. The number of hydrogen-bond acceptors (Lipinski definition) is 2. The summed E-state index contributed by atoms with van der Waals surface area (Å²) in [6.07, 6.45) is 3.37. The third-order valence-electron chi connectivity index (χ3n) is 4.33. The first-order chi connectivity index (χ1) is 11.7. The van der Waals surface area contributed by atoms with Gasteiger partial charge in [0.25, 0.3) is 0 Å². The van der Waals surface area contributed by atoms with Crippen molar-refractivity contribution >= 4 is 33.3 Å². The molecule has 0 bridgehead atoms. The highest BCUT2D eigenvalue weighted by Crippen LogP contribution is 2.35. The van der Waals surface area contributed by atoms with Crippen molar-refractivity contribution in [1.82, 2.24) is 9.78 Å². The van der Waals surface area contributed by atoms with Crippen LogP contribution in [0.1, 0.15) is 18.4 Å². The molecule has 0 saturated carbocycles. The minimum Gasteiger partial charge on any atom is -0.370 e. The van der Waals surface area contributed by atoms with Crippen LogP contribution in [0.2, 0.25) is 5.02 Å². The lowest BCUT2D eigenvalue weighted by Crippen LogP contribution is -2.07. The molecule has 5 heteroatoms. The van der Waals surface area contributed by atoms with Crippen LogP contribution in [0.25, 0.3) is 16.9 Å². The Morgan fingerprint density at radius 3 is 2.62 bits per heavy atom. The van der Waals surface area contributed by atoms with E-state index in [9.17, 15) is 0 Å². The highest BCUT2D eigenvalue weighted by atomic mass is 79.9. The fraction of sp³-hybridized carbons (Fsp3) is 0.211. The molecule has 1 aromatic heterocycles. The molecule has 3 nitrogen and oxygen atoms in total. The quantitative estimate of drug-likeness (QED) is 0.595. The van der Waals surface area contributed by atoms with Crippen LogP contribution >= 0.6 is 27.5 Å². The number of fused-ring (bicyclic) bond motifs is 1. The Morgan fingerprint density at radius 2 is 1.83 bits per heavy atom. The Labute approximate surface area is 154 Å². The average Bonchev–Trinajstić information content (AvgIpc) is 2.78. The molecule has 4 rings (SSSR count). The maximum atomic E-state index is 6.05. The van der Waals surface area contributed by atoms with Gasteiger partial charge < -0.3 is 5.32 Å². The molecule has 0 atom stereocenters. The van der Waals surface area contributed by atoms with Crippen LogP contribution in [-0.2, 0) is 6.42 Å². The van der Waals surface area contributed by atoms with Gasteiger partial charge in [-0.15, -0.1) is 0 Å². The van der Waals surface area contributed by atoms with Crippen LogP contribution in [0.15, 0.2) is 53.0 Å². The van der Waals surface area contributed by atoms with Crippen molar-refractivity contribution in [1.29, 1.82) is 0 Å². The van der Waals surface area contributed by atoms with Crippen LogP contribution in [-0.4, -0.2) is 16.3 Å². The number of benzene rings is 2. The molecule has 1 aliphatic rings. The molecule has 1 aliphatic heterocycles. The lowest BCUT2D eigenvalue weighted by atomic mass is 10.0. The van der Waals surface area contributed by atoms with Gasteiger partial charge in [0, 0.05) is 27.2 Å². The van der Waals surface area contributed by atoms with Crippen molar-refractivity contribution in [3.63, 3.8) is 0 Å². The molecule has 2 heterocycles. The van der Waals surface area contributed by atoms with E-state index in [1.807, 2.05) is 47.1 Å². The zero-order chi connectivity index (χ0) is 16.5. The second-order valence-electron chi connectivity index (χ2n) is 5.93. The summed E-state index contributed by atoms with van der Waals surface area (Å²) < 4.78 is 3.05. The van der Waals surface area contributed by atoms with E-state index in [-0.39, 0.29) is 0 Å². The molecule has 0 saturated heterocycles. The van der Waals surface area contributed by atoms with Gasteiger partial charge in [-0.3, -0.25) is 0 Å². The number of rotatable bonds is 2. The number of anilines is 1. The molecule has 0 aliphatic carbocycles. The molecular weight excluding hydrogens is 386 g/mol. The molecule has 122 valence electrons. The summed E-state index contributed by atoms with van der Waals surface area (Å²) in [4.78, 5) is 0. The molecule has 0 radical (unpaired) electrons. The second-order valence-corrected chi connectivity index (χ2v) is 7.22. The molecule has 0 unspecified atom stereocenters. The number of nitrogens with one attached hydrogen (secondary N) is 1. The summed E-state index contributed by atoms with van der Waals surface area (Å²) in [6, 6.07) is 16.1. The molecule has 1 N–H and O–H groups in total. The van der Waals surface area contributed by atoms with E-state index in [0.717, 1.165) is 45.2 Å². The summed E-state index contributed by atoms with van der Waals surface area (Å²) in [7, 11) is 0. The number of halogens is 2. The highest BCUT2D eigenvalue weighted by Gasteiger charge is 2.22. The first-order valence-electron chi connectivity index (χ1n) is 8.10. The number of para-hydroxylation sites is 1. The topological polar surface area (TPSA) is 29.9 Å². The van der Waals surface area contributed by atoms with Crippen molar-refractivity contribution < 1.29 is 0 Å². The third kappa shape index (κ3) is 2.85. The Morgan fingerprint density at radius 1 is 1.04 bits per heavy atom. The van der Waals surface area contributed by atoms with Gasteiger partial charge in [0.15, 0.2) is 0 Å². The predicted octanol–water partition coefficient (Wildman–Crippen LogP) is 5.70. The Balaban J connectivity index is 1.92. The predicted molar refractivity (Wildman–Crippen MR) is 103 cm³/mol. The lowest BCUT2D eigenvalue weighted by molar-refractivity contribution is 0.780. The van der Waals surface area contributed by atoms with Gasteiger partial charge in [0.2, 0.25) is 0 Å². The van der Waals surface area contributed by atoms with Crippen LogP contribution in [0, 0.1) is 0 Å². The molecule has 0 fully saturated rings. The number of hydrogen-bond donors (Lipinski definition) is 1.